The maximum Gasteiger partial charge on any atom is 0.303 e. The van der Waals surface area contributed by atoms with E-state index < -0.39 is 5.97 Å². The Balaban J connectivity index is 2.11. The Labute approximate surface area is 132 Å². The SMILES string of the molecule is CN(C(N)=NCCCCCCCCC(=O)O)c1ccccc1. The third-order valence-electron chi connectivity index (χ3n) is 3.56. The van der Waals surface area contributed by atoms with Crippen molar-refractivity contribution in [3.8, 4) is 0 Å². The van der Waals surface area contributed by atoms with Crippen LogP contribution in [0.2, 0.25) is 0 Å². The highest BCUT2D eigenvalue weighted by Gasteiger charge is 2.03. The summed E-state index contributed by atoms with van der Waals surface area (Å²) in [4.78, 5) is 16.6. The van der Waals surface area contributed by atoms with Gasteiger partial charge in [0.15, 0.2) is 5.96 Å². The quantitative estimate of drug-likeness (QED) is 0.395. The number of nitrogens with zero attached hydrogens (tertiary/aromatic N) is 2. The topological polar surface area (TPSA) is 78.9 Å². The summed E-state index contributed by atoms with van der Waals surface area (Å²) in [6.07, 6.45) is 6.41. The number of aliphatic imine (C=N–C) groups is 1. The molecule has 0 spiro atoms. The molecule has 0 aliphatic heterocycles. The number of hydrogen-bond donors (Lipinski definition) is 2. The number of aliphatic carboxylic acids is 1. The molecular formula is C17H27N3O2. The van der Waals surface area contributed by atoms with Gasteiger partial charge in [-0.3, -0.25) is 9.79 Å². The number of anilines is 1. The van der Waals surface area contributed by atoms with Crippen molar-refractivity contribution in [3.05, 3.63) is 30.3 Å². The molecule has 0 aliphatic carbocycles. The second-order valence-corrected chi connectivity index (χ2v) is 5.40. The average Bonchev–Trinajstić information content (AvgIpc) is 2.53. The van der Waals surface area contributed by atoms with Crippen molar-refractivity contribution >= 4 is 17.6 Å². The third kappa shape index (κ3) is 7.67. The van der Waals surface area contributed by atoms with Gasteiger partial charge in [0.05, 0.1) is 0 Å². The minimum Gasteiger partial charge on any atom is -0.481 e. The van der Waals surface area contributed by atoms with Gasteiger partial charge in [0, 0.05) is 25.7 Å². The van der Waals surface area contributed by atoms with Crippen LogP contribution in [0.5, 0.6) is 0 Å². The molecule has 0 aromatic heterocycles. The Kier molecular flexibility index (Phi) is 8.72. The van der Waals surface area contributed by atoms with Crippen LogP contribution in [0.25, 0.3) is 0 Å². The molecular weight excluding hydrogens is 278 g/mol. The van der Waals surface area contributed by atoms with Gasteiger partial charge < -0.3 is 15.7 Å². The molecule has 22 heavy (non-hydrogen) atoms. The minimum absolute atomic E-state index is 0.284. The van der Waals surface area contributed by atoms with Crippen LogP contribution in [-0.2, 0) is 4.79 Å². The first-order valence-electron chi connectivity index (χ1n) is 7.91. The van der Waals surface area contributed by atoms with Gasteiger partial charge in [0.1, 0.15) is 0 Å². The molecule has 0 saturated heterocycles. The number of carbonyl (C=O) groups is 1. The van der Waals surface area contributed by atoms with Crippen molar-refractivity contribution in [2.75, 3.05) is 18.5 Å². The summed E-state index contributed by atoms with van der Waals surface area (Å²) in [5.41, 5.74) is 7.01. The van der Waals surface area contributed by atoms with Crippen molar-refractivity contribution in [1.82, 2.24) is 0 Å². The second kappa shape index (κ2) is 10.7. The molecule has 1 aromatic carbocycles. The van der Waals surface area contributed by atoms with Crippen molar-refractivity contribution < 1.29 is 9.90 Å². The van der Waals surface area contributed by atoms with Crippen LogP contribution in [0.4, 0.5) is 5.69 Å². The van der Waals surface area contributed by atoms with Crippen LogP contribution >= 0.6 is 0 Å². The maximum atomic E-state index is 10.4. The van der Waals surface area contributed by atoms with E-state index in [9.17, 15) is 4.79 Å². The average molecular weight is 305 g/mol. The smallest absolute Gasteiger partial charge is 0.303 e. The predicted molar refractivity (Wildman–Crippen MR) is 91.3 cm³/mol. The Morgan fingerprint density at radius 2 is 1.68 bits per heavy atom. The third-order valence-corrected chi connectivity index (χ3v) is 3.56. The molecule has 0 aliphatic rings. The number of rotatable bonds is 10. The van der Waals surface area contributed by atoms with E-state index in [1.165, 1.54) is 0 Å². The highest BCUT2D eigenvalue weighted by atomic mass is 16.4. The van der Waals surface area contributed by atoms with E-state index in [1.807, 2.05) is 42.3 Å². The van der Waals surface area contributed by atoms with Crippen molar-refractivity contribution in [3.63, 3.8) is 0 Å². The largest absolute Gasteiger partial charge is 0.481 e. The number of carboxylic acid groups (broad SMARTS) is 1. The normalized spacial score (nSPS) is 11.4. The molecule has 1 rings (SSSR count). The fourth-order valence-corrected chi connectivity index (χ4v) is 2.18. The van der Waals surface area contributed by atoms with Crippen LogP contribution in [0.1, 0.15) is 44.9 Å². The van der Waals surface area contributed by atoms with Crippen molar-refractivity contribution in [1.29, 1.82) is 0 Å². The molecule has 0 fully saturated rings. The molecule has 0 unspecified atom stereocenters. The van der Waals surface area contributed by atoms with Gasteiger partial charge in [-0.15, -0.1) is 0 Å². The summed E-state index contributed by atoms with van der Waals surface area (Å²) in [5, 5.41) is 8.53. The second-order valence-electron chi connectivity index (χ2n) is 5.40. The summed E-state index contributed by atoms with van der Waals surface area (Å²) < 4.78 is 0. The van der Waals surface area contributed by atoms with Crippen LogP contribution in [0.3, 0.4) is 0 Å². The first-order valence-corrected chi connectivity index (χ1v) is 7.91. The van der Waals surface area contributed by atoms with Crippen LogP contribution < -0.4 is 10.6 Å². The monoisotopic (exact) mass is 305 g/mol. The summed E-state index contributed by atoms with van der Waals surface area (Å²) in [5.74, 6) is -0.167. The predicted octanol–water partition coefficient (Wildman–Crippen LogP) is 3.25. The van der Waals surface area contributed by atoms with Crippen LogP contribution in [0, 0.1) is 0 Å². The summed E-state index contributed by atoms with van der Waals surface area (Å²) in [6, 6.07) is 9.92. The van der Waals surface area contributed by atoms with Crippen molar-refractivity contribution in [2.24, 2.45) is 10.7 Å². The highest BCUT2D eigenvalue weighted by molar-refractivity contribution is 5.94. The zero-order valence-corrected chi connectivity index (χ0v) is 13.4. The first-order chi connectivity index (χ1) is 10.6. The fraction of sp³-hybridized carbons (Fsp3) is 0.529. The zero-order chi connectivity index (χ0) is 16.2. The van der Waals surface area contributed by atoms with Gasteiger partial charge >= 0.3 is 5.97 Å². The summed E-state index contributed by atoms with van der Waals surface area (Å²) in [7, 11) is 1.91. The molecule has 0 heterocycles. The van der Waals surface area contributed by atoms with E-state index >= 15 is 0 Å². The number of nitrogens with two attached hydrogens (primary N) is 1. The molecule has 5 nitrogen and oxygen atoms in total. The number of para-hydroxylation sites is 1. The molecule has 0 radical (unpaired) electrons. The van der Waals surface area contributed by atoms with Gasteiger partial charge in [-0.2, -0.15) is 0 Å². The van der Waals surface area contributed by atoms with Gasteiger partial charge in [-0.05, 0) is 25.0 Å². The Morgan fingerprint density at radius 1 is 1.09 bits per heavy atom. The standard InChI is InChI=1S/C17H27N3O2/c1-20(15-11-7-6-8-12-15)17(18)19-14-10-5-3-2-4-9-13-16(21)22/h6-8,11-12H,2-5,9-10,13-14H2,1H3,(H2,18,19)(H,21,22). The lowest BCUT2D eigenvalue weighted by Crippen LogP contribution is -2.34. The van der Waals surface area contributed by atoms with Gasteiger partial charge in [0.25, 0.3) is 0 Å². The molecule has 3 N–H and O–H groups in total. The van der Waals surface area contributed by atoms with Crippen LogP contribution in [-0.4, -0.2) is 30.6 Å². The van der Waals surface area contributed by atoms with Gasteiger partial charge in [0.2, 0.25) is 0 Å². The Hall–Kier alpha value is -2.04. The minimum atomic E-state index is -0.702. The lowest BCUT2D eigenvalue weighted by atomic mass is 10.1. The number of unbranched alkanes of at least 4 members (excludes halogenated alkanes) is 5. The van der Waals surface area contributed by atoms with E-state index in [4.69, 9.17) is 10.8 Å². The Bertz CT molecular complexity index is 460. The van der Waals surface area contributed by atoms with Gasteiger partial charge in [-0.25, -0.2) is 0 Å². The molecule has 0 amide bonds. The summed E-state index contributed by atoms with van der Waals surface area (Å²) in [6.45, 7) is 0.734. The summed E-state index contributed by atoms with van der Waals surface area (Å²) >= 11 is 0. The van der Waals surface area contributed by atoms with E-state index in [1.54, 1.807) is 0 Å². The van der Waals surface area contributed by atoms with E-state index in [-0.39, 0.29) is 6.42 Å². The number of carboxylic acids is 1. The number of guanidine groups is 1. The zero-order valence-electron chi connectivity index (χ0n) is 13.4. The van der Waals surface area contributed by atoms with Crippen molar-refractivity contribution in [2.45, 2.75) is 44.9 Å². The fourth-order valence-electron chi connectivity index (χ4n) is 2.18. The number of hydrogen-bond acceptors (Lipinski definition) is 2. The molecule has 1 aromatic rings. The lowest BCUT2D eigenvalue weighted by Gasteiger charge is -2.17. The first kappa shape index (κ1) is 18.0. The van der Waals surface area contributed by atoms with Crippen LogP contribution in [0.15, 0.2) is 35.3 Å². The molecule has 122 valence electrons. The van der Waals surface area contributed by atoms with E-state index in [0.717, 1.165) is 50.8 Å². The van der Waals surface area contributed by atoms with E-state index in [0.29, 0.717) is 5.96 Å². The molecule has 0 saturated carbocycles. The lowest BCUT2D eigenvalue weighted by molar-refractivity contribution is -0.137. The Morgan fingerprint density at radius 3 is 2.32 bits per heavy atom. The van der Waals surface area contributed by atoms with E-state index in [2.05, 4.69) is 4.99 Å². The van der Waals surface area contributed by atoms with Gasteiger partial charge in [-0.1, -0.05) is 43.9 Å². The molecule has 0 bridgehead atoms. The molecule has 0 atom stereocenters. The highest BCUT2D eigenvalue weighted by Crippen LogP contribution is 2.11. The maximum absolute atomic E-state index is 10.4. The number of benzene rings is 1. The molecule has 5 heteroatoms.